The average Bonchev–Trinajstić information content (AvgIpc) is 3.27. The Morgan fingerprint density at radius 3 is 2.16 bits per heavy atom. The normalized spacial score (nSPS) is 11.4. The molecule has 0 atom stereocenters. The van der Waals surface area contributed by atoms with Crippen LogP contribution in [0.1, 0.15) is 47.1 Å². The number of hydrogen-bond donors (Lipinski definition) is 2. The van der Waals surface area contributed by atoms with Gasteiger partial charge in [-0.1, -0.05) is 12.1 Å². The standard InChI is InChI=1S/C28H34N4O6/c1-27(2,3)37-25(34)31-22-17-19(30-23(33)16-18-8-11-20(36-7)12-9-18)10-13-21(22)24-29-14-15-32(24)26(35)38-28(4,5)6/h8-15,17H,16H2,1-7H3,(H,30,33)(H,31,34). The zero-order chi connectivity index (χ0) is 28.1. The van der Waals surface area contributed by atoms with Gasteiger partial charge in [0.05, 0.1) is 19.2 Å². The quantitative estimate of drug-likeness (QED) is 0.415. The van der Waals surface area contributed by atoms with Crippen molar-refractivity contribution in [3.05, 3.63) is 60.4 Å². The smallest absolute Gasteiger partial charge is 0.420 e. The van der Waals surface area contributed by atoms with Crippen LogP contribution in [-0.4, -0.2) is 46.0 Å². The number of carbonyl (C=O) groups is 3. The van der Waals surface area contributed by atoms with E-state index in [4.69, 9.17) is 14.2 Å². The number of anilines is 2. The lowest BCUT2D eigenvalue weighted by Gasteiger charge is -2.22. The number of nitrogens with zero attached hydrogens (tertiary/aromatic N) is 2. The van der Waals surface area contributed by atoms with Crippen molar-refractivity contribution >= 4 is 29.5 Å². The fourth-order valence-corrected chi connectivity index (χ4v) is 3.43. The number of rotatable bonds is 6. The molecule has 0 fully saturated rings. The SMILES string of the molecule is COc1ccc(CC(=O)Nc2ccc(-c3nccn3C(=O)OC(C)(C)C)c(NC(=O)OC(C)(C)C)c2)cc1. The van der Waals surface area contributed by atoms with Crippen molar-refractivity contribution in [3.8, 4) is 17.1 Å². The van der Waals surface area contributed by atoms with Crippen molar-refractivity contribution in [3.63, 3.8) is 0 Å². The van der Waals surface area contributed by atoms with E-state index >= 15 is 0 Å². The van der Waals surface area contributed by atoms with Crippen molar-refractivity contribution < 1.29 is 28.6 Å². The Morgan fingerprint density at radius 2 is 1.55 bits per heavy atom. The topological polar surface area (TPSA) is 121 Å². The van der Waals surface area contributed by atoms with E-state index in [1.807, 2.05) is 12.1 Å². The minimum Gasteiger partial charge on any atom is -0.497 e. The highest BCUT2D eigenvalue weighted by Gasteiger charge is 2.24. The summed E-state index contributed by atoms with van der Waals surface area (Å²) in [6.45, 7) is 10.5. The number of aromatic nitrogens is 2. The molecular formula is C28H34N4O6. The van der Waals surface area contributed by atoms with Crippen LogP contribution >= 0.6 is 0 Å². The molecule has 1 aromatic heterocycles. The second-order valence-corrected chi connectivity index (χ2v) is 10.6. The van der Waals surface area contributed by atoms with Crippen LogP contribution in [0.4, 0.5) is 21.0 Å². The van der Waals surface area contributed by atoms with E-state index < -0.39 is 23.4 Å². The molecule has 38 heavy (non-hydrogen) atoms. The number of nitrogens with one attached hydrogen (secondary N) is 2. The van der Waals surface area contributed by atoms with Gasteiger partial charge < -0.3 is 19.5 Å². The van der Waals surface area contributed by atoms with E-state index in [9.17, 15) is 14.4 Å². The summed E-state index contributed by atoms with van der Waals surface area (Å²) in [6.07, 6.45) is 1.76. The summed E-state index contributed by atoms with van der Waals surface area (Å²) in [4.78, 5) is 42.4. The van der Waals surface area contributed by atoms with E-state index in [0.29, 0.717) is 17.0 Å². The summed E-state index contributed by atoms with van der Waals surface area (Å²) in [5.41, 5.74) is 0.523. The largest absolute Gasteiger partial charge is 0.497 e. The van der Waals surface area contributed by atoms with E-state index in [1.54, 1.807) is 79.0 Å². The molecule has 0 bridgehead atoms. The van der Waals surface area contributed by atoms with Crippen molar-refractivity contribution in [2.75, 3.05) is 17.7 Å². The summed E-state index contributed by atoms with van der Waals surface area (Å²) >= 11 is 0. The van der Waals surface area contributed by atoms with E-state index in [2.05, 4.69) is 15.6 Å². The van der Waals surface area contributed by atoms with Gasteiger partial charge in [0.1, 0.15) is 17.0 Å². The van der Waals surface area contributed by atoms with E-state index in [-0.39, 0.29) is 23.8 Å². The Labute approximate surface area is 222 Å². The Balaban J connectivity index is 1.90. The molecule has 1 heterocycles. The maximum absolute atomic E-state index is 12.8. The molecule has 10 nitrogen and oxygen atoms in total. The molecule has 0 saturated carbocycles. The summed E-state index contributed by atoms with van der Waals surface area (Å²) in [5, 5.41) is 5.55. The Morgan fingerprint density at radius 1 is 0.895 bits per heavy atom. The molecule has 0 radical (unpaired) electrons. The molecule has 10 heteroatoms. The van der Waals surface area contributed by atoms with Crippen LogP contribution in [0.5, 0.6) is 5.75 Å². The molecule has 2 aromatic carbocycles. The number of imidazole rings is 1. The second-order valence-electron chi connectivity index (χ2n) is 10.6. The Hall–Kier alpha value is -4.34. The van der Waals surface area contributed by atoms with Gasteiger partial charge in [-0.25, -0.2) is 19.1 Å². The van der Waals surface area contributed by atoms with Gasteiger partial charge in [0.2, 0.25) is 5.91 Å². The first-order valence-corrected chi connectivity index (χ1v) is 12.1. The van der Waals surface area contributed by atoms with Gasteiger partial charge in [0, 0.05) is 23.6 Å². The number of benzene rings is 2. The van der Waals surface area contributed by atoms with Crippen LogP contribution < -0.4 is 15.4 Å². The number of ether oxygens (including phenoxy) is 3. The highest BCUT2D eigenvalue weighted by molar-refractivity contribution is 5.97. The summed E-state index contributed by atoms with van der Waals surface area (Å²) in [7, 11) is 1.58. The van der Waals surface area contributed by atoms with E-state index in [1.165, 1.54) is 17.0 Å². The van der Waals surface area contributed by atoms with Crippen LogP contribution in [0.2, 0.25) is 0 Å². The van der Waals surface area contributed by atoms with Crippen LogP contribution in [0.25, 0.3) is 11.4 Å². The predicted octanol–water partition coefficient (Wildman–Crippen LogP) is 5.87. The first-order chi connectivity index (χ1) is 17.7. The average molecular weight is 523 g/mol. The summed E-state index contributed by atoms with van der Waals surface area (Å²) in [6, 6.07) is 12.1. The van der Waals surface area contributed by atoms with E-state index in [0.717, 1.165) is 5.56 Å². The minimum atomic E-state index is -0.733. The lowest BCUT2D eigenvalue weighted by atomic mass is 10.1. The zero-order valence-electron chi connectivity index (χ0n) is 22.7. The van der Waals surface area contributed by atoms with Gasteiger partial charge in [-0.2, -0.15) is 0 Å². The molecule has 0 aliphatic rings. The van der Waals surface area contributed by atoms with Gasteiger partial charge >= 0.3 is 12.2 Å². The van der Waals surface area contributed by atoms with Crippen LogP contribution in [0.3, 0.4) is 0 Å². The first kappa shape index (κ1) is 28.2. The Kier molecular flexibility index (Phi) is 8.45. The molecule has 0 spiro atoms. The van der Waals surface area contributed by atoms with Crippen molar-refractivity contribution in [1.29, 1.82) is 0 Å². The van der Waals surface area contributed by atoms with Crippen LogP contribution in [0.15, 0.2) is 54.9 Å². The van der Waals surface area contributed by atoms with Crippen molar-refractivity contribution in [2.24, 2.45) is 0 Å². The molecule has 3 aromatic rings. The number of carbonyl (C=O) groups excluding carboxylic acids is 3. The minimum absolute atomic E-state index is 0.142. The molecular weight excluding hydrogens is 488 g/mol. The maximum atomic E-state index is 12.8. The van der Waals surface area contributed by atoms with Gasteiger partial charge in [0.25, 0.3) is 0 Å². The van der Waals surface area contributed by atoms with Gasteiger partial charge in [0.15, 0.2) is 5.82 Å². The monoisotopic (exact) mass is 522 g/mol. The lowest BCUT2D eigenvalue weighted by molar-refractivity contribution is -0.115. The number of hydrogen-bond acceptors (Lipinski definition) is 7. The summed E-state index contributed by atoms with van der Waals surface area (Å²) in [5.74, 6) is 0.704. The molecule has 202 valence electrons. The maximum Gasteiger partial charge on any atom is 0.420 e. The fraction of sp³-hybridized carbons (Fsp3) is 0.357. The molecule has 0 aliphatic carbocycles. The Bertz CT molecular complexity index is 1300. The van der Waals surface area contributed by atoms with Gasteiger partial charge in [-0.15, -0.1) is 0 Å². The number of methoxy groups -OCH3 is 1. The van der Waals surface area contributed by atoms with Gasteiger partial charge in [-0.3, -0.25) is 10.1 Å². The predicted molar refractivity (Wildman–Crippen MR) is 144 cm³/mol. The third-order valence-electron chi connectivity index (χ3n) is 4.93. The lowest BCUT2D eigenvalue weighted by Crippen LogP contribution is -2.28. The van der Waals surface area contributed by atoms with Crippen molar-refractivity contribution in [2.45, 2.75) is 59.2 Å². The summed E-state index contributed by atoms with van der Waals surface area (Å²) < 4.78 is 17.3. The zero-order valence-corrected chi connectivity index (χ0v) is 22.7. The molecule has 2 N–H and O–H groups in total. The second kappa shape index (κ2) is 11.4. The molecule has 0 aliphatic heterocycles. The fourth-order valence-electron chi connectivity index (χ4n) is 3.43. The van der Waals surface area contributed by atoms with Crippen LogP contribution in [-0.2, 0) is 20.7 Å². The van der Waals surface area contributed by atoms with Crippen LogP contribution in [0, 0.1) is 0 Å². The molecule has 2 amide bonds. The van der Waals surface area contributed by atoms with Gasteiger partial charge in [-0.05, 0) is 77.4 Å². The highest BCUT2D eigenvalue weighted by atomic mass is 16.6. The molecule has 0 unspecified atom stereocenters. The molecule has 3 rings (SSSR count). The third kappa shape index (κ3) is 8.09. The number of amides is 2. The highest BCUT2D eigenvalue weighted by Crippen LogP contribution is 2.31. The molecule has 0 saturated heterocycles. The van der Waals surface area contributed by atoms with Crippen molar-refractivity contribution in [1.82, 2.24) is 9.55 Å². The third-order valence-corrected chi connectivity index (χ3v) is 4.93. The first-order valence-electron chi connectivity index (χ1n) is 12.1.